The van der Waals surface area contributed by atoms with Crippen molar-refractivity contribution in [1.82, 2.24) is 0 Å². The molecule has 0 radical (unpaired) electrons. The first-order valence-corrected chi connectivity index (χ1v) is 4.34. The number of ketones is 1. The molecule has 0 heterocycles. The summed E-state index contributed by atoms with van der Waals surface area (Å²) in [4.78, 5) is 10.8. The number of carbonyl (C=O) groups excluding carboxylic acids is 1. The van der Waals surface area contributed by atoms with E-state index in [0.29, 0.717) is 0 Å². The molecule has 0 aliphatic rings. The van der Waals surface area contributed by atoms with Crippen LogP contribution in [0.5, 0.6) is 0 Å². The molecule has 0 saturated heterocycles. The molecular weight excluding hydrogens is 164 g/mol. The molecule has 0 fully saturated rings. The standard InChI is InChI=1S/C11H14O2/c1-8-5-3-4-6-10(8)11(13)7-9(2)12/h3-6,11,13H,7H2,1-2H3/t11-/m0/s1. The Morgan fingerprint density at radius 1 is 1.46 bits per heavy atom. The second kappa shape index (κ2) is 4.19. The monoisotopic (exact) mass is 178 g/mol. The largest absolute Gasteiger partial charge is 0.388 e. The molecule has 1 rings (SSSR count). The van der Waals surface area contributed by atoms with Crippen molar-refractivity contribution in [2.24, 2.45) is 0 Å². The molecule has 2 nitrogen and oxygen atoms in total. The van der Waals surface area contributed by atoms with Crippen LogP contribution in [-0.4, -0.2) is 10.9 Å². The molecule has 0 aliphatic carbocycles. The molecule has 0 aromatic heterocycles. The molecule has 13 heavy (non-hydrogen) atoms. The van der Waals surface area contributed by atoms with Crippen LogP contribution in [0.1, 0.15) is 30.6 Å². The van der Waals surface area contributed by atoms with Gasteiger partial charge in [0.1, 0.15) is 5.78 Å². The van der Waals surface area contributed by atoms with E-state index in [1.54, 1.807) is 0 Å². The van der Waals surface area contributed by atoms with Crippen LogP contribution in [0.4, 0.5) is 0 Å². The van der Waals surface area contributed by atoms with Gasteiger partial charge in [0, 0.05) is 6.42 Å². The highest BCUT2D eigenvalue weighted by Crippen LogP contribution is 2.19. The van der Waals surface area contributed by atoms with Gasteiger partial charge in [-0.1, -0.05) is 24.3 Å². The topological polar surface area (TPSA) is 37.3 Å². The van der Waals surface area contributed by atoms with Crippen molar-refractivity contribution in [3.63, 3.8) is 0 Å². The number of carbonyl (C=O) groups is 1. The number of benzene rings is 1. The summed E-state index contributed by atoms with van der Waals surface area (Å²) in [5, 5.41) is 9.65. The molecule has 1 N–H and O–H groups in total. The van der Waals surface area contributed by atoms with Crippen LogP contribution in [0, 0.1) is 6.92 Å². The number of aryl methyl sites for hydroxylation is 1. The highest BCUT2D eigenvalue weighted by Gasteiger charge is 2.11. The van der Waals surface area contributed by atoms with Crippen LogP contribution in [0.25, 0.3) is 0 Å². The van der Waals surface area contributed by atoms with Crippen molar-refractivity contribution in [2.75, 3.05) is 0 Å². The zero-order valence-corrected chi connectivity index (χ0v) is 7.95. The summed E-state index contributed by atoms with van der Waals surface area (Å²) in [6.07, 6.45) is -0.455. The first-order chi connectivity index (χ1) is 6.11. The van der Waals surface area contributed by atoms with E-state index in [-0.39, 0.29) is 12.2 Å². The van der Waals surface area contributed by atoms with Gasteiger partial charge in [0.2, 0.25) is 0 Å². The first-order valence-electron chi connectivity index (χ1n) is 4.34. The average Bonchev–Trinajstić information content (AvgIpc) is 2.03. The van der Waals surface area contributed by atoms with Crippen molar-refractivity contribution in [1.29, 1.82) is 0 Å². The van der Waals surface area contributed by atoms with Crippen LogP contribution in [0.15, 0.2) is 24.3 Å². The van der Waals surface area contributed by atoms with Crippen LogP contribution in [0.2, 0.25) is 0 Å². The Balaban J connectivity index is 2.82. The summed E-state index contributed by atoms with van der Waals surface area (Å²) in [7, 11) is 0. The van der Waals surface area contributed by atoms with Crippen molar-refractivity contribution in [2.45, 2.75) is 26.4 Å². The number of hydrogen-bond donors (Lipinski definition) is 1. The zero-order chi connectivity index (χ0) is 9.84. The summed E-state index contributed by atoms with van der Waals surface area (Å²) in [6, 6.07) is 7.56. The highest BCUT2D eigenvalue weighted by atomic mass is 16.3. The van der Waals surface area contributed by atoms with E-state index in [2.05, 4.69) is 0 Å². The second-order valence-corrected chi connectivity index (χ2v) is 3.28. The van der Waals surface area contributed by atoms with Crippen molar-refractivity contribution >= 4 is 5.78 Å². The molecule has 0 unspecified atom stereocenters. The molecule has 2 heteroatoms. The van der Waals surface area contributed by atoms with E-state index in [0.717, 1.165) is 11.1 Å². The van der Waals surface area contributed by atoms with Gasteiger partial charge in [0.15, 0.2) is 0 Å². The van der Waals surface area contributed by atoms with Gasteiger partial charge in [-0.25, -0.2) is 0 Å². The molecule has 1 aromatic carbocycles. The van der Waals surface area contributed by atoms with Gasteiger partial charge in [-0.05, 0) is 25.0 Å². The fraction of sp³-hybridized carbons (Fsp3) is 0.364. The van der Waals surface area contributed by atoms with Gasteiger partial charge < -0.3 is 5.11 Å². The third-order valence-corrected chi connectivity index (χ3v) is 2.03. The lowest BCUT2D eigenvalue weighted by Crippen LogP contribution is -2.04. The maximum Gasteiger partial charge on any atom is 0.132 e. The van der Waals surface area contributed by atoms with E-state index in [1.165, 1.54) is 6.92 Å². The smallest absolute Gasteiger partial charge is 0.132 e. The quantitative estimate of drug-likeness (QED) is 0.768. The Kier molecular flexibility index (Phi) is 3.20. The third kappa shape index (κ3) is 2.67. The molecule has 0 aliphatic heterocycles. The lowest BCUT2D eigenvalue weighted by Gasteiger charge is -2.11. The van der Waals surface area contributed by atoms with Gasteiger partial charge in [-0.2, -0.15) is 0 Å². The molecule has 70 valence electrons. The minimum absolute atomic E-state index is 0.00996. The molecular formula is C11H14O2. The Morgan fingerprint density at radius 2 is 2.08 bits per heavy atom. The predicted molar refractivity (Wildman–Crippen MR) is 51.4 cm³/mol. The molecule has 0 amide bonds. The Bertz CT molecular complexity index is 305. The van der Waals surface area contributed by atoms with Crippen LogP contribution in [0.3, 0.4) is 0 Å². The number of aliphatic hydroxyl groups is 1. The summed E-state index contributed by atoms with van der Waals surface area (Å²) < 4.78 is 0. The van der Waals surface area contributed by atoms with Gasteiger partial charge in [0.25, 0.3) is 0 Å². The van der Waals surface area contributed by atoms with E-state index in [4.69, 9.17) is 0 Å². The maximum atomic E-state index is 10.8. The summed E-state index contributed by atoms with van der Waals surface area (Å²) in [5.74, 6) is 0.00996. The number of Topliss-reactive ketones (excluding diaryl/α,β-unsaturated/α-hetero) is 1. The minimum atomic E-state index is -0.654. The minimum Gasteiger partial charge on any atom is -0.388 e. The highest BCUT2D eigenvalue weighted by molar-refractivity contribution is 5.76. The van der Waals surface area contributed by atoms with E-state index >= 15 is 0 Å². The Labute approximate surface area is 78.2 Å². The lowest BCUT2D eigenvalue weighted by molar-refractivity contribution is -0.118. The molecule has 1 aromatic rings. The number of hydrogen-bond acceptors (Lipinski definition) is 2. The number of aliphatic hydroxyl groups excluding tert-OH is 1. The van der Waals surface area contributed by atoms with Crippen LogP contribution < -0.4 is 0 Å². The predicted octanol–water partition coefficient (Wildman–Crippen LogP) is 2.01. The van der Waals surface area contributed by atoms with Gasteiger partial charge >= 0.3 is 0 Å². The molecule has 1 atom stereocenters. The average molecular weight is 178 g/mol. The van der Waals surface area contributed by atoms with Crippen LogP contribution >= 0.6 is 0 Å². The van der Waals surface area contributed by atoms with E-state index in [9.17, 15) is 9.90 Å². The first kappa shape index (κ1) is 9.93. The number of rotatable bonds is 3. The fourth-order valence-electron chi connectivity index (χ4n) is 1.34. The fourth-order valence-corrected chi connectivity index (χ4v) is 1.34. The van der Waals surface area contributed by atoms with Gasteiger partial charge in [-0.3, -0.25) is 4.79 Å². The maximum absolute atomic E-state index is 10.8. The van der Waals surface area contributed by atoms with Crippen molar-refractivity contribution in [3.05, 3.63) is 35.4 Å². The van der Waals surface area contributed by atoms with Gasteiger partial charge in [-0.15, -0.1) is 0 Å². The lowest BCUT2D eigenvalue weighted by atomic mass is 10.0. The van der Waals surface area contributed by atoms with E-state index in [1.807, 2.05) is 31.2 Å². The zero-order valence-electron chi connectivity index (χ0n) is 7.95. The molecule has 0 bridgehead atoms. The summed E-state index contributed by atoms with van der Waals surface area (Å²) in [6.45, 7) is 3.42. The normalized spacial score (nSPS) is 12.5. The van der Waals surface area contributed by atoms with Crippen molar-refractivity contribution < 1.29 is 9.90 Å². The Hall–Kier alpha value is -1.15. The van der Waals surface area contributed by atoms with Gasteiger partial charge in [0.05, 0.1) is 6.10 Å². The Morgan fingerprint density at radius 3 is 2.62 bits per heavy atom. The summed E-state index contributed by atoms with van der Waals surface area (Å²) in [5.41, 5.74) is 1.87. The molecule has 0 saturated carbocycles. The summed E-state index contributed by atoms with van der Waals surface area (Å²) >= 11 is 0. The SMILES string of the molecule is CC(=O)C[C@H](O)c1ccccc1C. The van der Waals surface area contributed by atoms with Crippen molar-refractivity contribution in [3.8, 4) is 0 Å². The van der Waals surface area contributed by atoms with E-state index < -0.39 is 6.10 Å². The molecule has 0 spiro atoms. The second-order valence-electron chi connectivity index (χ2n) is 3.28. The van der Waals surface area contributed by atoms with Crippen LogP contribution in [-0.2, 0) is 4.79 Å². The third-order valence-electron chi connectivity index (χ3n) is 2.03.